The molecular weight excluding hydrogens is 260 g/mol. The van der Waals surface area contributed by atoms with Gasteiger partial charge in [-0.05, 0) is 55.1 Å². The van der Waals surface area contributed by atoms with Crippen LogP contribution in [-0.2, 0) is 11.2 Å². The van der Waals surface area contributed by atoms with Gasteiger partial charge in [-0.2, -0.15) is 5.26 Å². The lowest BCUT2D eigenvalue weighted by atomic mass is 9.92. The fourth-order valence-electron chi connectivity index (χ4n) is 4.49. The molecule has 0 spiro atoms. The Morgan fingerprint density at radius 3 is 2.95 bits per heavy atom. The van der Waals surface area contributed by atoms with Crippen LogP contribution in [-0.4, -0.2) is 11.9 Å². The number of rotatable bonds is 2. The highest BCUT2D eigenvalue weighted by molar-refractivity contribution is 5.84. The molecule has 0 aliphatic heterocycles. The van der Waals surface area contributed by atoms with Crippen LogP contribution in [0.4, 0.5) is 0 Å². The van der Waals surface area contributed by atoms with Gasteiger partial charge in [0, 0.05) is 12.0 Å². The highest BCUT2D eigenvalue weighted by Gasteiger charge is 2.57. The Hall–Kier alpha value is -1.82. The molecular formula is C18H20N2O. The maximum atomic E-state index is 12.6. The van der Waals surface area contributed by atoms with Gasteiger partial charge >= 0.3 is 0 Å². The third-order valence-corrected chi connectivity index (χ3v) is 5.64. The summed E-state index contributed by atoms with van der Waals surface area (Å²) in [5, 5.41) is 12.3. The molecule has 1 amide bonds. The first-order valence-corrected chi connectivity index (χ1v) is 8.07. The summed E-state index contributed by atoms with van der Waals surface area (Å²) in [6, 6.07) is 11.0. The van der Waals surface area contributed by atoms with Gasteiger partial charge in [0.05, 0.1) is 12.0 Å². The molecule has 0 saturated heterocycles. The number of nitrogens with zero attached hydrogens (tertiary/aromatic N) is 1. The third-order valence-electron chi connectivity index (χ3n) is 5.64. The van der Waals surface area contributed by atoms with E-state index in [2.05, 4.69) is 35.7 Å². The first kappa shape index (κ1) is 12.9. The van der Waals surface area contributed by atoms with Gasteiger partial charge in [-0.3, -0.25) is 4.79 Å². The largest absolute Gasteiger partial charge is 0.352 e. The van der Waals surface area contributed by atoms with Crippen LogP contribution in [0.25, 0.3) is 0 Å². The molecule has 0 bridgehead atoms. The first-order valence-electron chi connectivity index (χ1n) is 8.07. The fourth-order valence-corrected chi connectivity index (χ4v) is 4.49. The quantitative estimate of drug-likeness (QED) is 0.905. The molecule has 2 saturated carbocycles. The van der Waals surface area contributed by atoms with Crippen molar-refractivity contribution in [2.45, 2.75) is 44.1 Å². The van der Waals surface area contributed by atoms with Crippen molar-refractivity contribution in [1.82, 2.24) is 5.32 Å². The molecule has 1 N–H and O–H groups in total. The highest BCUT2D eigenvalue weighted by atomic mass is 16.2. The van der Waals surface area contributed by atoms with E-state index < -0.39 is 0 Å². The molecule has 3 heteroatoms. The summed E-state index contributed by atoms with van der Waals surface area (Å²) >= 11 is 0. The number of nitriles is 1. The predicted molar refractivity (Wildman–Crippen MR) is 79.4 cm³/mol. The van der Waals surface area contributed by atoms with E-state index in [4.69, 9.17) is 5.26 Å². The zero-order valence-corrected chi connectivity index (χ0v) is 12.1. The summed E-state index contributed by atoms with van der Waals surface area (Å²) in [4.78, 5) is 12.6. The Bertz CT molecular complexity index is 618. The summed E-state index contributed by atoms with van der Waals surface area (Å²) < 4.78 is 0. The minimum atomic E-state index is 0.0158. The molecule has 21 heavy (non-hydrogen) atoms. The molecule has 1 aromatic carbocycles. The van der Waals surface area contributed by atoms with Gasteiger partial charge < -0.3 is 5.32 Å². The summed E-state index contributed by atoms with van der Waals surface area (Å²) in [5.41, 5.74) is 2.81. The zero-order valence-electron chi connectivity index (χ0n) is 12.1. The molecule has 5 unspecified atom stereocenters. The van der Waals surface area contributed by atoms with Crippen LogP contribution in [0.1, 0.15) is 42.7 Å². The van der Waals surface area contributed by atoms with Crippen molar-refractivity contribution in [3.63, 3.8) is 0 Å². The minimum Gasteiger partial charge on any atom is -0.352 e. The number of hydrogen-bond acceptors (Lipinski definition) is 2. The second-order valence-corrected chi connectivity index (χ2v) is 6.73. The van der Waals surface area contributed by atoms with E-state index in [0.717, 1.165) is 32.1 Å². The lowest BCUT2D eigenvalue weighted by Crippen LogP contribution is -2.38. The molecule has 2 fully saturated rings. The lowest BCUT2D eigenvalue weighted by Gasteiger charge is -2.15. The molecule has 108 valence electrons. The van der Waals surface area contributed by atoms with Crippen LogP contribution in [0.5, 0.6) is 0 Å². The van der Waals surface area contributed by atoms with E-state index in [9.17, 15) is 4.79 Å². The Kier molecular flexibility index (Phi) is 2.99. The van der Waals surface area contributed by atoms with E-state index >= 15 is 0 Å². The van der Waals surface area contributed by atoms with E-state index in [1.165, 1.54) is 11.1 Å². The molecule has 0 heterocycles. The fraction of sp³-hybridized carbons (Fsp3) is 0.556. The van der Waals surface area contributed by atoms with Crippen molar-refractivity contribution in [1.29, 1.82) is 5.26 Å². The van der Waals surface area contributed by atoms with Crippen molar-refractivity contribution in [3.05, 3.63) is 35.4 Å². The SMILES string of the molecule is N#CC1CCCC1NC(=O)C1C2CCc3ccccc3C21. The number of fused-ring (bicyclic) bond motifs is 3. The number of carbonyl (C=O) groups is 1. The number of amides is 1. The molecule has 5 atom stereocenters. The third kappa shape index (κ3) is 2.05. The first-order chi connectivity index (χ1) is 10.3. The summed E-state index contributed by atoms with van der Waals surface area (Å²) in [6.45, 7) is 0. The minimum absolute atomic E-state index is 0.0158. The Labute approximate surface area is 125 Å². The second-order valence-electron chi connectivity index (χ2n) is 6.73. The average Bonchev–Trinajstić information content (AvgIpc) is 3.11. The maximum Gasteiger partial charge on any atom is 0.224 e. The van der Waals surface area contributed by atoms with Crippen molar-refractivity contribution in [2.24, 2.45) is 17.8 Å². The van der Waals surface area contributed by atoms with E-state index in [1.807, 2.05) is 0 Å². The van der Waals surface area contributed by atoms with Crippen LogP contribution < -0.4 is 5.32 Å². The monoisotopic (exact) mass is 280 g/mol. The Morgan fingerprint density at radius 1 is 1.24 bits per heavy atom. The number of benzene rings is 1. The zero-order chi connectivity index (χ0) is 14.4. The molecule has 0 radical (unpaired) electrons. The Balaban J connectivity index is 1.47. The molecule has 0 aromatic heterocycles. The van der Waals surface area contributed by atoms with Crippen LogP contribution >= 0.6 is 0 Å². The highest BCUT2D eigenvalue weighted by Crippen LogP contribution is 2.59. The molecule has 3 nitrogen and oxygen atoms in total. The Morgan fingerprint density at radius 2 is 2.10 bits per heavy atom. The van der Waals surface area contributed by atoms with Gasteiger partial charge in [0.2, 0.25) is 5.91 Å². The molecule has 3 aliphatic rings. The maximum absolute atomic E-state index is 12.6. The smallest absolute Gasteiger partial charge is 0.224 e. The molecule has 1 aromatic rings. The van der Waals surface area contributed by atoms with Gasteiger partial charge in [-0.1, -0.05) is 24.3 Å². The van der Waals surface area contributed by atoms with E-state index in [-0.39, 0.29) is 23.8 Å². The van der Waals surface area contributed by atoms with Crippen LogP contribution in [0, 0.1) is 29.1 Å². The standard InChI is InChI=1S/C18H20N2O/c19-10-12-5-3-7-15(12)20-18(21)17-14-9-8-11-4-1-2-6-13(11)16(14)17/h1-2,4,6,12,14-17H,3,5,7-9H2,(H,20,21). The normalized spacial score (nSPS) is 36.2. The van der Waals surface area contributed by atoms with Crippen LogP contribution in [0.3, 0.4) is 0 Å². The van der Waals surface area contributed by atoms with Crippen molar-refractivity contribution in [2.75, 3.05) is 0 Å². The predicted octanol–water partition coefficient (Wildman–Crippen LogP) is 2.77. The number of nitrogens with one attached hydrogen (secondary N) is 1. The van der Waals surface area contributed by atoms with Gasteiger partial charge in [-0.15, -0.1) is 0 Å². The van der Waals surface area contributed by atoms with Gasteiger partial charge in [0.15, 0.2) is 0 Å². The van der Waals surface area contributed by atoms with E-state index in [1.54, 1.807) is 0 Å². The van der Waals surface area contributed by atoms with Gasteiger partial charge in [0.1, 0.15) is 0 Å². The summed E-state index contributed by atoms with van der Waals surface area (Å²) in [5.74, 6) is 1.31. The van der Waals surface area contributed by atoms with Crippen LogP contribution in [0.15, 0.2) is 24.3 Å². The van der Waals surface area contributed by atoms with Crippen molar-refractivity contribution < 1.29 is 4.79 Å². The molecule has 4 rings (SSSR count). The summed E-state index contributed by atoms with van der Waals surface area (Å²) in [7, 11) is 0. The number of aryl methyl sites for hydroxylation is 1. The topological polar surface area (TPSA) is 52.9 Å². The van der Waals surface area contributed by atoms with Crippen molar-refractivity contribution in [3.8, 4) is 6.07 Å². The average molecular weight is 280 g/mol. The van der Waals surface area contributed by atoms with Gasteiger partial charge in [-0.25, -0.2) is 0 Å². The second kappa shape index (κ2) is 4.87. The number of carbonyl (C=O) groups excluding carboxylic acids is 1. The van der Waals surface area contributed by atoms with Crippen LogP contribution in [0.2, 0.25) is 0 Å². The van der Waals surface area contributed by atoms with Gasteiger partial charge in [0.25, 0.3) is 0 Å². The van der Waals surface area contributed by atoms with Crippen molar-refractivity contribution >= 4 is 5.91 Å². The molecule has 3 aliphatic carbocycles. The van der Waals surface area contributed by atoms with E-state index in [0.29, 0.717) is 11.8 Å². The lowest BCUT2D eigenvalue weighted by molar-refractivity contribution is -0.123. The number of hydrogen-bond donors (Lipinski definition) is 1. The summed E-state index contributed by atoms with van der Waals surface area (Å²) in [6.07, 6.45) is 5.19.